The molecule has 0 atom stereocenters. The van der Waals surface area contributed by atoms with Crippen LogP contribution >= 0.6 is 35.4 Å². The molecule has 0 saturated carbocycles. The van der Waals surface area contributed by atoms with Crippen molar-refractivity contribution in [3.05, 3.63) is 82.8 Å². The van der Waals surface area contributed by atoms with Crippen LogP contribution in [0.15, 0.2) is 77.7 Å². The van der Waals surface area contributed by atoms with Gasteiger partial charge in [0.1, 0.15) is 0 Å². The summed E-state index contributed by atoms with van der Waals surface area (Å²) in [5.74, 6) is 0. The fraction of sp³-hybridized carbons (Fsp3) is 0. The summed E-state index contributed by atoms with van der Waals surface area (Å²) >= 11 is 17.3. The minimum absolute atomic E-state index is 0.138. The third-order valence-electron chi connectivity index (χ3n) is 3.63. The SMILES string of the molecule is O=S(=O)(Nc1ccccc1)c1ccc(NC(=S)Nc2cc(Cl)ccc2Cl)cc1. The summed E-state index contributed by atoms with van der Waals surface area (Å²) in [5, 5.41) is 7.21. The average molecular weight is 452 g/mol. The number of para-hydroxylation sites is 1. The molecule has 0 fully saturated rings. The van der Waals surface area contributed by atoms with E-state index in [9.17, 15) is 8.42 Å². The van der Waals surface area contributed by atoms with E-state index in [1.54, 1.807) is 54.6 Å². The Hall–Kier alpha value is -2.32. The molecule has 0 radical (unpaired) electrons. The number of hydrogen-bond acceptors (Lipinski definition) is 3. The van der Waals surface area contributed by atoms with Crippen LogP contribution in [0.25, 0.3) is 0 Å². The first-order valence-corrected chi connectivity index (χ1v) is 10.7. The molecule has 0 aliphatic heterocycles. The zero-order valence-electron chi connectivity index (χ0n) is 14.3. The van der Waals surface area contributed by atoms with Crippen molar-refractivity contribution in [1.82, 2.24) is 0 Å². The number of thiocarbonyl (C=S) groups is 1. The number of rotatable bonds is 5. The van der Waals surface area contributed by atoms with Gasteiger partial charge in [-0.15, -0.1) is 0 Å². The van der Waals surface area contributed by atoms with Crippen molar-refractivity contribution < 1.29 is 8.42 Å². The van der Waals surface area contributed by atoms with Crippen LogP contribution in [-0.2, 0) is 10.0 Å². The molecule has 0 amide bonds. The second-order valence-corrected chi connectivity index (χ2v) is 8.63. The highest BCUT2D eigenvalue weighted by Crippen LogP contribution is 2.25. The predicted molar refractivity (Wildman–Crippen MR) is 120 cm³/mol. The zero-order chi connectivity index (χ0) is 20.1. The molecule has 0 aliphatic carbocycles. The Balaban J connectivity index is 1.67. The molecule has 0 unspecified atom stereocenters. The van der Waals surface area contributed by atoms with Crippen LogP contribution in [0, 0.1) is 0 Å². The van der Waals surface area contributed by atoms with E-state index < -0.39 is 10.0 Å². The van der Waals surface area contributed by atoms with Crippen molar-refractivity contribution in [3.8, 4) is 0 Å². The van der Waals surface area contributed by atoms with Gasteiger partial charge in [0.15, 0.2) is 5.11 Å². The number of halogens is 2. The summed E-state index contributed by atoms with van der Waals surface area (Å²) in [7, 11) is -3.68. The molecule has 28 heavy (non-hydrogen) atoms. The number of anilines is 3. The third kappa shape index (κ3) is 5.36. The lowest BCUT2D eigenvalue weighted by molar-refractivity contribution is 0.601. The molecular weight excluding hydrogens is 437 g/mol. The summed E-state index contributed by atoms with van der Waals surface area (Å²) in [6.45, 7) is 0. The maximum Gasteiger partial charge on any atom is 0.261 e. The van der Waals surface area contributed by atoms with Gasteiger partial charge in [0.05, 0.1) is 15.6 Å². The minimum atomic E-state index is -3.68. The van der Waals surface area contributed by atoms with Gasteiger partial charge in [0, 0.05) is 16.4 Å². The third-order valence-corrected chi connectivity index (χ3v) is 5.79. The van der Waals surface area contributed by atoms with Gasteiger partial charge >= 0.3 is 0 Å². The molecular formula is C19H15Cl2N3O2S2. The smallest absolute Gasteiger partial charge is 0.261 e. The van der Waals surface area contributed by atoms with Crippen LogP contribution < -0.4 is 15.4 Å². The quantitative estimate of drug-likeness (QED) is 0.440. The van der Waals surface area contributed by atoms with Crippen LogP contribution in [0.5, 0.6) is 0 Å². The highest BCUT2D eigenvalue weighted by atomic mass is 35.5. The summed E-state index contributed by atoms with van der Waals surface area (Å²) in [5.41, 5.74) is 1.68. The Morgan fingerprint density at radius 1 is 0.821 bits per heavy atom. The minimum Gasteiger partial charge on any atom is -0.332 e. The van der Waals surface area contributed by atoms with Crippen molar-refractivity contribution in [1.29, 1.82) is 0 Å². The van der Waals surface area contributed by atoms with Gasteiger partial charge < -0.3 is 10.6 Å². The van der Waals surface area contributed by atoms with E-state index in [-0.39, 0.29) is 4.90 Å². The van der Waals surface area contributed by atoms with Gasteiger partial charge in [-0.25, -0.2) is 8.42 Å². The van der Waals surface area contributed by atoms with Gasteiger partial charge in [-0.1, -0.05) is 41.4 Å². The molecule has 0 spiro atoms. The molecule has 0 aromatic heterocycles. The predicted octanol–water partition coefficient (Wildman–Crippen LogP) is 5.60. The van der Waals surface area contributed by atoms with Gasteiger partial charge in [0.25, 0.3) is 10.0 Å². The number of hydrogen-bond donors (Lipinski definition) is 3. The van der Waals surface area contributed by atoms with E-state index in [4.69, 9.17) is 35.4 Å². The first-order valence-electron chi connectivity index (χ1n) is 8.04. The topological polar surface area (TPSA) is 70.2 Å². The maximum absolute atomic E-state index is 12.4. The fourth-order valence-corrected chi connectivity index (χ4v) is 3.94. The molecule has 0 heterocycles. The highest BCUT2D eigenvalue weighted by Gasteiger charge is 2.14. The largest absolute Gasteiger partial charge is 0.332 e. The van der Waals surface area contributed by atoms with E-state index in [1.807, 2.05) is 6.07 Å². The fourth-order valence-electron chi connectivity index (χ4n) is 2.32. The lowest BCUT2D eigenvalue weighted by Crippen LogP contribution is -2.19. The summed E-state index contributed by atoms with van der Waals surface area (Å²) in [6, 6.07) is 19.9. The average Bonchev–Trinajstić information content (AvgIpc) is 2.65. The summed E-state index contributed by atoms with van der Waals surface area (Å²) in [4.78, 5) is 0.138. The van der Waals surface area contributed by atoms with Gasteiger partial charge in [-0.2, -0.15) is 0 Å². The number of benzene rings is 3. The molecule has 0 bridgehead atoms. The van der Waals surface area contributed by atoms with Crippen molar-refractivity contribution in [2.75, 3.05) is 15.4 Å². The number of nitrogens with one attached hydrogen (secondary N) is 3. The van der Waals surface area contributed by atoms with E-state index in [0.29, 0.717) is 32.2 Å². The standard InChI is InChI=1S/C19H15Cl2N3O2S2/c20-13-6-11-17(21)18(12-13)23-19(27)22-14-7-9-16(10-8-14)28(25,26)24-15-4-2-1-3-5-15/h1-12,24H,(H2,22,23,27). The highest BCUT2D eigenvalue weighted by molar-refractivity contribution is 7.92. The molecule has 144 valence electrons. The van der Waals surface area contributed by atoms with E-state index in [2.05, 4.69) is 15.4 Å². The van der Waals surface area contributed by atoms with Crippen LogP contribution in [0.1, 0.15) is 0 Å². The van der Waals surface area contributed by atoms with E-state index >= 15 is 0 Å². The normalized spacial score (nSPS) is 10.9. The lowest BCUT2D eigenvalue weighted by atomic mass is 10.3. The molecule has 3 N–H and O–H groups in total. The van der Waals surface area contributed by atoms with Gasteiger partial charge in [-0.05, 0) is 66.8 Å². The van der Waals surface area contributed by atoms with Gasteiger partial charge in [-0.3, -0.25) is 4.72 Å². The Morgan fingerprint density at radius 2 is 1.50 bits per heavy atom. The van der Waals surface area contributed by atoms with Crippen molar-refractivity contribution in [2.45, 2.75) is 4.90 Å². The Kier molecular flexibility index (Phi) is 6.41. The molecule has 3 rings (SSSR count). The summed E-state index contributed by atoms with van der Waals surface area (Å²) in [6.07, 6.45) is 0. The van der Waals surface area contributed by atoms with E-state index in [1.165, 1.54) is 12.1 Å². The Bertz CT molecular complexity index is 1090. The van der Waals surface area contributed by atoms with Gasteiger partial charge in [0.2, 0.25) is 0 Å². The second-order valence-electron chi connectivity index (χ2n) is 5.70. The van der Waals surface area contributed by atoms with Crippen molar-refractivity contribution >= 4 is 67.6 Å². The lowest BCUT2D eigenvalue weighted by Gasteiger charge is -2.13. The van der Waals surface area contributed by atoms with Crippen LogP contribution in [-0.4, -0.2) is 13.5 Å². The van der Waals surface area contributed by atoms with Crippen LogP contribution in [0.2, 0.25) is 10.0 Å². The molecule has 9 heteroatoms. The molecule has 5 nitrogen and oxygen atoms in total. The maximum atomic E-state index is 12.4. The summed E-state index contributed by atoms with van der Waals surface area (Å²) < 4.78 is 27.4. The molecule has 0 aliphatic rings. The van der Waals surface area contributed by atoms with Crippen LogP contribution in [0.4, 0.5) is 17.1 Å². The zero-order valence-corrected chi connectivity index (χ0v) is 17.5. The molecule has 0 saturated heterocycles. The first kappa shape index (κ1) is 20.4. The molecule has 3 aromatic rings. The number of sulfonamides is 1. The molecule has 3 aromatic carbocycles. The second kappa shape index (κ2) is 8.79. The van der Waals surface area contributed by atoms with Crippen LogP contribution in [0.3, 0.4) is 0 Å². The monoisotopic (exact) mass is 451 g/mol. The first-order chi connectivity index (χ1) is 13.3. The van der Waals surface area contributed by atoms with Crippen molar-refractivity contribution in [3.63, 3.8) is 0 Å². The Labute approximate surface area is 178 Å². The Morgan fingerprint density at radius 3 is 2.18 bits per heavy atom. The van der Waals surface area contributed by atoms with Crippen molar-refractivity contribution in [2.24, 2.45) is 0 Å². The van der Waals surface area contributed by atoms with E-state index in [0.717, 1.165) is 0 Å².